The molecule has 0 saturated carbocycles. The predicted molar refractivity (Wildman–Crippen MR) is 167 cm³/mol. The van der Waals surface area contributed by atoms with Crippen LogP contribution in [0.25, 0.3) is 0 Å². The van der Waals surface area contributed by atoms with Crippen molar-refractivity contribution in [1.82, 2.24) is 10.2 Å². The number of carbonyl (C=O) groups is 2. The van der Waals surface area contributed by atoms with E-state index in [1.54, 1.807) is 36.4 Å². The van der Waals surface area contributed by atoms with E-state index in [9.17, 15) is 18.0 Å². The summed E-state index contributed by atoms with van der Waals surface area (Å²) in [6, 6.07) is 20.0. The Balaban J connectivity index is 2.05. The van der Waals surface area contributed by atoms with Crippen molar-refractivity contribution in [2.75, 3.05) is 17.5 Å². The zero-order valence-corrected chi connectivity index (χ0v) is 26.3. The lowest BCUT2D eigenvalue weighted by Gasteiger charge is -2.33. The fraction of sp³-hybridized carbons (Fsp3) is 0.394. The number of ether oxygens (including phenoxy) is 1. The van der Waals surface area contributed by atoms with Gasteiger partial charge in [-0.1, -0.05) is 61.4 Å². The molecule has 3 aromatic rings. The first kappa shape index (κ1) is 32.7. The number of benzene rings is 3. The maximum atomic E-state index is 14.2. The minimum absolute atomic E-state index is 0.0334. The molecule has 42 heavy (non-hydrogen) atoms. The van der Waals surface area contributed by atoms with E-state index in [0.717, 1.165) is 27.4 Å². The average molecular weight is 594 g/mol. The van der Waals surface area contributed by atoms with Crippen LogP contribution in [0.4, 0.5) is 5.69 Å². The van der Waals surface area contributed by atoms with E-state index in [1.165, 1.54) is 17.0 Å². The zero-order chi connectivity index (χ0) is 30.9. The number of hydrogen-bond donors (Lipinski definition) is 1. The number of hydrogen-bond acceptors (Lipinski definition) is 5. The molecule has 8 nitrogen and oxygen atoms in total. The molecule has 0 heterocycles. The summed E-state index contributed by atoms with van der Waals surface area (Å²) in [6.45, 7) is 11.6. The third-order valence-electron chi connectivity index (χ3n) is 7.15. The molecule has 0 radical (unpaired) electrons. The van der Waals surface area contributed by atoms with Gasteiger partial charge in [-0.25, -0.2) is 8.42 Å². The lowest BCUT2D eigenvalue weighted by molar-refractivity contribution is -0.140. The van der Waals surface area contributed by atoms with Gasteiger partial charge in [-0.3, -0.25) is 13.9 Å². The molecule has 0 fully saturated rings. The van der Waals surface area contributed by atoms with Gasteiger partial charge in [0.05, 0.1) is 17.2 Å². The normalized spacial score (nSPS) is 12.7. The molecule has 226 valence electrons. The number of amides is 2. The van der Waals surface area contributed by atoms with Crippen LogP contribution in [0.15, 0.2) is 77.7 Å². The van der Waals surface area contributed by atoms with Crippen LogP contribution >= 0.6 is 0 Å². The molecule has 0 bridgehead atoms. The third kappa shape index (κ3) is 8.35. The molecule has 2 atom stereocenters. The summed E-state index contributed by atoms with van der Waals surface area (Å²) in [7, 11) is -4.15. The van der Waals surface area contributed by atoms with E-state index in [0.29, 0.717) is 24.5 Å². The largest absolute Gasteiger partial charge is 0.494 e. The molecule has 0 aliphatic rings. The zero-order valence-electron chi connectivity index (χ0n) is 25.5. The first-order valence-corrected chi connectivity index (χ1v) is 15.9. The Morgan fingerprint density at radius 2 is 1.55 bits per heavy atom. The van der Waals surface area contributed by atoms with Crippen LogP contribution in [-0.2, 0) is 26.2 Å². The number of rotatable bonds is 14. The van der Waals surface area contributed by atoms with Crippen LogP contribution in [-0.4, -0.2) is 50.4 Å². The summed E-state index contributed by atoms with van der Waals surface area (Å²) >= 11 is 0. The highest BCUT2D eigenvalue weighted by atomic mass is 32.2. The van der Waals surface area contributed by atoms with Gasteiger partial charge in [-0.15, -0.1) is 0 Å². The van der Waals surface area contributed by atoms with E-state index in [4.69, 9.17) is 4.74 Å². The summed E-state index contributed by atoms with van der Waals surface area (Å²) in [5, 5.41) is 3.00. The second-order valence-corrected chi connectivity index (χ2v) is 12.4. The second kappa shape index (κ2) is 14.9. The number of aryl methyl sites for hydroxylation is 2. The van der Waals surface area contributed by atoms with Crippen molar-refractivity contribution in [3.63, 3.8) is 0 Å². The monoisotopic (exact) mass is 593 g/mol. The van der Waals surface area contributed by atoms with Crippen LogP contribution in [0, 0.1) is 13.8 Å². The van der Waals surface area contributed by atoms with Crippen molar-refractivity contribution < 1.29 is 22.7 Å². The van der Waals surface area contributed by atoms with Gasteiger partial charge in [0.1, 0.15) is 18.3 Å². The Kier molecular flexibility index (Phi) is 11.6. The molecular weight excluding hydrogens is 550 g/mol. The van der Waals surface area contributed by atoms with Gasteiger partial charge in [0.2, 0.25) is 11.8 Å². The molecule has 0 aliphatic carbocycles. The summed E-state index contributed by atoms with van der Waals surface area (Å²) in [5.41, 5.74) is 3.19. The Morgan fingerprint density at radius 3 is 2.12 bits per heavy atom. The Hall–Kier alpha value is -3.85. The maximum Gasteiger partial charge on any atom is 0.264 e. The van der Waals surface area contributed by atoms with Gasteiger partial charge in [-0.05, 0) is 82.5 Å². The molecular formula is C33H43N3O5S. The lowest BCUT2D eigenvalue weighted by Crippen LogP contribution is -2.53. The smallest absolute Gasteiger partial charge is 0.264 e. The highest BCUT2D eigenvalue weighted by molar-refractivity contribution is 7.92. The van der Waals surface area contributed by atoms with E-state index < -0.39 is 28.5 Å². The van der Waals surface area contributed by atoms with E-state index in [-0.39, 0.29) is 23.4 Å². The highest BCUT2D eigenvalue weighted by Gasteiger charge is 2.34. The van der Waals surface area contributed by atoms with Crippen molar-refractivity contribution in [3.8, 4) is 5.75 Å². The topological polar surface area (TPSA) is 96.0 Å². The molecule has 0 unspecified atom stereocenters. The van der Waals surface area contributed by atoms with Crippen molar-refractivity contribution in [3.05, 3.63) is 89.5 Å². The number of nitrogens with one attached hydrogen (secondary N) is 1. The fourth-order valence-electron chi connectivity index (χ4n) is 4.61. The number of nitrogens with zero attached hydrogens (tertiary/aromatic N) is 2. The van der Waals surface area contributed by atoms with Crippen LogP contribution < -0.4 is 14.4 Å². The third-order valence-corrected chi connectivity index (χ3v) is 8.93. The lowest BCUT2D eigenvalue weighted by atomic mass is 10.1. The SMILES string of the molecule is CCOc1ccc(S(=O)(=O)N(CC(=O)N(Cc2cccc(C)c2)[C@H](CC)C(=O)N[C@H](C)CC)c2ccc(C)cc2)cc1. The molecule has 2 amide bonds. The van der Waals surface area contributed by atoms with Gasteiger partial charge >= 0.3 is 0 Å². The van der Waals surface area contributed by atoms with Gasteiger partial charge in [0.25, 0.3) is 10.0 Å². The first-order chi connectivity index (χ1) is 20.0. The van der Waals surface area contributed by atoms with Crippen molar-refractivity contribution in [2.45, 2.75) is 77.9 Å². The van der Waals surface area contributed by atoms with Crippen LogP contribution in [0.3, 0.4) is 0 Å². The van der Waals surface area contributed by atoms with Gasteiger partial charge in [0, 0.05) is 12.6 Å². The summed E-state index contributed by atoms with van der Waals surface area (Å²) < 4.78 is 34.7. The maximum absolute atomic E-state index is 14.2. The molecule has 1 N–H and O–H groups in total. The molecule has 0 saturated heterocycles. The Morgan fingerprint density at radius 1 is 0.881 bits per heavy atom. The minimum Gasteiger partial charge on any atom is -0.494 e. The van der Waals surface area contributed by atoms with Crippen LogP contribution in [0.5, 0.6) is 5.75 Å². The molecule has 0 spiro atoms. The second-order valence-electron chi connectivity index (χ2n) is 10.5. The number of carbonyl (C=O) groups excluding carboxylic acids is 2. The van der Waals surface area contributed by atoms with Crippen molar-refractivity contribution in [2.24, 2.45) is 0 Å². The van der Waals surface area contributed by atoms with Gasteiger partial charge in [-0.2, -0.15) is 0 Å². The summed E-state index contributed by atoms with van der Waals surface area (Å²) in [6.07, 6.45) is 1.12. The van der Waals surface area contributed by atoms with Crippen LogP contribution in [0.2, 0.25) is 0 Å². The average Bonchev–Trinajstić information content (AvgIpc) is 2.96. The highest BCUT2D eigenvalue weighted by Crippen LogP contribution is 2.26. The number of sulfonamides is 1. The van der Waals surface area contributed by atoms with Gasteiger partial charge < -0.3 is 15.0 Å². The van der Waals surface area contributed by atoms with Crippen LogP contribution in [0.1, 0.15) is 57.2 Å². The standard InChI is InChI=1S/C33H43N3O5S/c1-7-26(6)34-33(38)31(8-2)35(22-27-12-10-11-25(5)21-27)32(37)23-36(28-15-13-24(4)14-16-28)42(39,40)30-19-17-29(18-20-30)41-9-3/h10-21,26,31H,7-9,22-23H2,1-6H3,(H,34,38)/t26-,31-/m1/s1. The van der Waals surface area contributed by atoms with E-state index in [2.05, 4.69) is 5.32 Å². The molecule has 9 heteroatoms. The Labute approximate surface area is 250 Å². The van der Waals surface area contributed by atoms with Crippen molar-refractivity contribution >= 4 is 27.5 Å². The molecule has 0 aromatic heterocycles. The quantitative estimate of drug-likeness (QED) is 0.262. The van der Waals surface area contributed by atoms with Gasteiger partial charge in [0.15, 0.2) is 0 Å². The summed E-state index contributed by atoms with van der Waals surface area (Å²) in [5.74, 6) is -0.182. The van der Waals surface area contributed by atoms with Crippen molar-refractivity contribution in [1.29, 1.82) is 0 Å². The molecule has 3 aromatic carbocycles. The fourth-order valence-corrected chi connectivity index (χ4v) is 6.02. The molecule has 0 aliphatic heterocycles. The Bertz CT molecular complexity index is 1440. The first-order valence-electron chi connectivity index (χ1n) is 14.5. The minimum atomic E-state index is -4.15. The molecule has 3 rings (SSSR count). The number of anilines is 1. The van der Waals surface area contributed by atoms with E-state index >= 15 is 0 Å². The summed E-state index contributed by atoms with van der Waals surface area (Å²) in [4.78, 5) is 29.1. The predicted octanol–water partition coefficient (Wildman–Crippen LogP) is 5.62. The van der Waals surface area contributed by atoms with E-state index in [1.807, 2.05) is 65.8 Å².